The molecule has 0 aliphatic heterocycles. The van der Waals surface area contributed by atoms with Crippen molar-refractivity contribution in [2.24, 2.45) is 5.73 Å². The number of hydrogen-bond donors (Lipinski definition) is 1. The average Bonchev–Trinajstić information content (AvgIpc) is 2.46. The van der Waals surface area contributed by atoms with Crippen molar-refractivity contribution < 1.29 is 13.9 Å². The van der Waals surface area contributed by atoms with E-state index in [1.807, 2.05) is 24.3 Å². The fourth-order valence-electron chi connectivity index (χ4n) is 2.00. The van der Waals surface area contributed by atoms with Crippen molar-refractivity contribution in [3.63, 3.8) is 0 Å². The van der Waals surface area contributed by atoms with Crippen LogP contribution < -0.4 is 15.2 Å². The topological polar surface area (TPSA) is 44.5 Å². The molecule has 0 radical (unpaired) electrons. The van der Waals surface area contributed by atoms with Crippen LogP contribution in [0.1, 0.15) is 5.56 Å². The molecule has 2 aromatic carbocycles. The molecule has 100 valence electrons. The van der Waals surface area contributed by atoms with E-state index in [1.54, 1.807) is 20.3 Å². The summed E-state index contributed by atoms with van der Waals surface area (Å²) in [7, 11) is 3.14. The molecule has 2 aromatic rings. The normalized spacial score (nSPS) is 10.3. The standard InChI is InChI=1S/C15H16FNO2/c1-18-13-4-3-5-14(19-2)15(13)10-6-7-11(9-17)12(16)8-10/h3-8H,9,17H2,1-2H3. The smallest absolute Gasteiger partial charge is 0.130 e. The highest BCUT2D eigenvalue weighted by molar-refractivity contribution is 5.77. The van der Waals surface area contributed by atoms with E-state index >= 15 is 0 Å². The number of ether oxygens (including phenoxy) is 2. The van der Waals surface area contributed by atoms with Crippen molar-refractivity contribution >= 4 is 0 Å². The second-order valence-electron chi connectivity index (χ2n) is 4.05. The first kappa shape index (κ1) is 13.4. The van der Waals surface area contributed by atoms with Crippen LogP contribution in [0.5, 0.6) is 11.5 Å². The van der Waals surface area contributed by atoms with Crippen molar-refractivity contribution in [1.29, 1.82) is 0 Å². The molecule has 2 N–H and O–H groups in total. The van der Waals surface area contributed by atoms with Crippen LogP contribution in [0, 0.1) is 5.82 Å². The fourth-order valence-corrected chi connectivity index (χ4v) is 2.00. The Balaban J connectivity index is 2.60. The number of benzene rings is 2. The van der Waals surface area contributed by atoms with Gasteiger partial charge in [0, 0.05) is 12.1 Å². The van der Waals surface area contributed by atoms with Crippen LogP contribution in [0.3, 0.4) is 0 Å². The maximum atomic E-state index is 13.8. The monoisotopic (exact) mass is 261 g/mol. The van der Waals surface area contributed by atoms with Crippen LogP contribution in [0.4, 0.5) is 4.39 Å². The van der Waals surface area contributed by atoms with Crippen LogP contribution in [0.25, 0.3) is 11.1 Å². The molecule has 0 aliphatic rings. The summed E-state index contributed by atoms with van der Waals surface area (Å²) in [5.41, 5.74) is 7.38. The van der Waals surface area contributed by atoms with Crippen molar-refractivity contribution in [3.8, 4) is 22.6 Å². The molecule has 0 unspecified atom stereocenters. The summed E-state index contributed by atoms with van der Waals surface area (Å²) in [5, 5.41) is 0. The van der Waals surface area contributed by atoms with E-state index < -0.39 is 0 Å². The summed E-state index contributed by atoms with van der Waals surface area (Å²) in [6.07, 6.45) is 0. The van der Waals surface area contributed by atoms with Gasteiger partial charge in [-0.15, -0.1) is 0 Å². The van der Waals surface area contributed by atoms with Crippen LogP contribution in [0.2, 0.25) is 0 Å². The Morgan fingerprint density at radius 2 is 1.68 bits per heavy atom. The summed E-state index contributed by atoms with van der Waals surface area (Å²) >= 11 is 0. The van der Waals surface area contributed by atoms with Gasteiger partial charge in [-0.1, -0.05) is 18.2 Å². The molecule has 0 heterocycles. The first-order valence-corrected chi connectivity index (χ1v) is 5.91. The minimum atomic E-state index is -0.326. The average molecular weight is 261 g/mol. The van der Waals surface area contributed by atoms with E-state index in [9.17, 15) is 4.39 Å². The first-order valence-electron chi connectivity index (χ1n) is 5.91. The van der Waals surface area contributed by atoms with Gasteiger partial charge in [-0.2, -0.15) is 0 Å². The van der Waals surface area contributed by atoms with Crippen LogP contribution in [-0.4, -0.2) is 14.2 Å². The summed E-state index contributed by atoms with van der Waals surface area (Å²) in [4.78, 5) is 0. The highest BCUT2D eigenvalue weighted by atomic mass is 19.1. The van der Waals surface area contributed by atoms with Gasteiger partial charge in [0.05, 0.1) is 19.8 Å². The molecule has 0 bridgehead atoms. The van der Waals surface area contributed by atoms with E-state index in [0.717, 1.165) is 5.56 Å². The third-order valence-corrected chi connectivity index (χ3v) is 2.99. The van der Waals surface area contributed by atoms with Gasteiger partial charge in [-0.05, 0) is 23.8 Å². The summed E-state index contributed by atoms with van der Waals surface area (Å²) in [6, 6.07) is 10.4. The van der Waals surface area contributed by atoms with Gasteiger partial charge < -0.3 is 15.2 Å². The third kappa shape index (κ3) is 2.53. The Bertz CT molecular complexity index is 562. The van der Waals surface area contributed by atoms with E-state index in [1.165, 1.54) is 6.07 Å². The van der Waals surface area contributed by atoms with Gasteiger partial charge in [-0.25, -0.2) is 4.39 Å². The molecule has 0 fully saturated rings. The molecule has 0 aliphatic carbocycles. The minimum Gasteiger partial charge on any atom is -0.496 e. The SMILES string of the molecule is COc1cccc(OC)c1-c1ccc(CN)c(F)c1. The molecule has 0 saturated heterocycles. The van der Waals surface area contributed by atoms with E-state index in [0.29, 0.717) is 22.6 Å². The van der Waals surface area contributed by atoms with E-state index in [4.69, 9.17) is 15.2 Å². The van der Waals surface area contributed by atoms with Crippen molar-refractivity contribution in [2.75, 3.05) is 14.2 Å². The van der Waals surface area contributed by atoms with Gasteiger partial charge in [0.15, 0.2) is 0 Å². The Hall–Kier alpha value is -2.07. The minimum absolute atomic E-state index is 0.176. The van der Waals surface area contributed by atoms with Gasteiger partial charge in [0.1, 0.15) is 17.3 Å². The van der Waals surface area contributed by atoms with Gasteiger partial charge >= 0.3 is 0 Å². The predicted octanol–water partition coefficient (Wildman–Crippen LogP) is 2.97. The molecule has 19 heavy (non-hydrogen) atoms. The number of methoxy groups -OCH3 is 2. The molecule has 0 atom stereocenters. The van der Waals surface area contributed by atoms with Crippen LogP contribution in [0.15, 0.2) is 36.4 Å². The lowest BCUT2D eigenvalue weighted by Crippen LogP contribution is -2.00. The highest BCUT2D eigenvalue weighted by Crippen LogP contribution is 2.38. The van der Waals surface area contributed by atoms with Gasteiger partial charge in [-0.3, -0.25) is 0 Å². The zero-order valence-electron chi connectivity index (χ0n) is 10.9. The lowest BCUT2D eigenvalue weighted by molar-refractivity contribution is 0.397. The van der Waals surface area contributed by atoms with Gasteiger partial charge in [0.2, 0.25) is 0 Å². The summed E-state index contributed by atoms with van der Waals surface area (Å²) in [6.45, 7) is 0.176. The quantitative estimate of drug-likeness (QED) is 0.920. The third-order valence-electron chi connectivity index (χ3n) is 2.99. The molecule has 0 spiro atoms. The fraction of sp³-hybridized carbons (Fsp3) is 0.200. The Morgan fingerprint density at radius 1 is 1.05 bits per heavy atom. The molecule has 4 heteroatoms. The molecule has 3 nitrogen and oxygen atoms in total. The maximum absolute atomic E-state index is 13.8. The number of rotatable bonds is 4. The molecule has 2 rings (SSSR count). The van der Waals surface area contributed by atoms with Crippen LogP contribution >= 0.6 is 0 Å². The highest BCUT2D eigenvalue weighted by Gasteiger charge is 2.13. The molecule has 0 saturated carbocycles. The van der Waals surface area contributed by atoms with Crippen molar-refractivity contribution in [3.05, 3.63) is 47.8 Å². The zero-order chi connectivity index (χ0) is 13.8. The Morgan fingerprint density at radius 3 is 2.16 bits per heavy atom. The van der Waals surface area contributed by atoms with E-state index in [-0.39, 0.29) is 12.4 Å². The van der Waals surface area contributed by atoms with Crippen molar-refractivity contribution in [1.82, 2.24) is 0 Å². The van der Waals surface area contributed by atoms with E-state index in [2.05, 4.69) is 0 Å². The second kappa shape index (κ2) is 5.71. The first-order chi connectivity index (χ1) is 9.21. The predicted molar refractivity (Wildman–Crippen MR) is 72.8 cm³/mol. The number of nitrogens with two attached hydrogens (primary N) is 1. The van der Waals surface area contributed by atoms with Crippen molar-refractivity contribution in [2.45, 2.75) is 6.54 Å². The lowest BCUT2D eigenvalue weighted by Gasteiger charge is -2.13. The Labute approximate surface area is 111 Å². The molecular weight excluding hydrogens is 245 g/mol. The zero-order valence-corrected chi connectivity index (χ0v) is 10.9. The van der Waals surface area contributed by atoms with Gasteiger partial charge in [0.25, 0.3) is 0 Å². The Kier molecular flexibility index (Phi) is 4.02. The summed E-state index contributed by atoms with van der Waals surface area (Å²) < 4.78 is 24.5. The second-order valence-corrected chi connectivity index (χ2v) is 4.05. The lowest BCUT2D eigenvalue weighted by atomic mass is 10.0. The number of halogens is 1. The maximum Gasteiger partial charge on any atom is 0.130 e. The molecular formula is C15H16FNO2. The largest absolute Gasteiger partial charge is 0.496 e. The number of hydrogen-bond acceptors (Lipinski definition) is 3. The van der Waals surface area contributed by atoms with Crippen LogP contribution in [-0.2, 0) is 6.54 Å². The summed E-state index contributed by atoms with van der Waals surface area (Å²) in [5.74, 6) is 0.950. The molecule has 0 amide bonds. The molecule has 0 aromatic heterocycles.